The second-order valence-electron chi connectivity index (χ2n) is 33.9. The van der Waals surface area contributed by atoms with Gasteiger partial charge >= 0.3 is 18.0 Å². The number of likely N-dealkylation sites (N-methyl/N-ethyl adjacent to an activating group) is 2. The predicted octanol–water partition coefficient (Wildman–Crippen LogP) is -5.68. The van der Waals surface area contributed by atoms with Crippen molar-refractivity contribution in [2.45, 2.75) is 236 Å². The Balaban J connectivity index is 1.52. The van der Waals surface area contributed by atoms with Crippen molar-refractivity contribution in [2.75, 3.05) is 133 Å². The summed E-state index contributed by atoms with van der Waals surface area (Å²) in [5, 5.41) is 108. The Bertz CT molecular complexity index is 4010. The van der Waals surface area contributed by atoms with E-state index in [0.717, 1.165) is 4.90 Å². The number of ketones is 2. The van der Waals surface area contributed by atoms with Gasteiger partial charge in [-0.1, -0.05) is 85.2 Å². The van der Waals surface area contributed by atoms with Gasteiger partial charge in [0.2, 0.25) is 82.7 Å². The second kappa shape index (κ2) is 62.2. The molecule has 15 amide bonds. The molecule has 0 aliphatic carbocycles. The Morgan fingerprint density at radius 1 is 0.575 bits per heavy atom. The molecule has 134 heavy (non-hydrogen) atoms. The van der Waals surface area contributed by atoms with E-state index in [0.29, 0.717) is 31.2 Å². The van der Waals surface area contributed by atoms with Gasteiger partial charge in [-0.2, -0.15) is 11.8 Å². The molecule has 0 spiro atoms. The number of aliphatic hydroxyl groups is 7. The van der Waals surface area contributed by atoms with Crippen LogP contribution in [0.15, 0.2) is 30.3 Å². The van der Waals surface area contributed by atoms with Gasteiger partial charge in [0.25, 0.3) is 0 Å². The van der Waals surface area contributed by atoms with Crippen LogP contribution in [0.3, 0.4) is 0 Å². The first-order valence-electron chi connectivity index (χ1n) is 44.9. The van der Waals surface area contributed by atoms with Crippen LogP contribution >= 0.6 is 11.8 Å². The van der Waals surface area contributed by atoms with E-state index >= 15 is 0 Å². The van der Waals surface area contributed by atoms with Gasteiger partial charge in [0.05, 0.1) is 119 Å². The summed E-state index contributed by atoms with van der Waals surface area (Å²) in [6, 6.07) is 1.18. The number of imide groups is 1. The molecule has 1 aromatic carbocycles. The number of aliphatic carboxylic acids is 1. The highest BCUT2D eigenvalue weighted by Crippen LogP contribution is 2.29. The largest absolute Gasteiger partial charge is 0.480 e. The zero-order valence-corrected chi connectivity index (χ0v) is 79.3. The highest BCUT2D eigenvalue weighted by atomic mass is 32.2. The molecule has 5 unspecified atom stereocenters. The minimum absolute atomic E-state index is 0.00782. The van der Waals surface area contributed by atoms with E-state index in [4.69, 9.17) is 24.1 Å². The third-order valence-corrected chi connectivity index (χ3v) is 23.4. The number of hydrogen-bond acceptors (Lipinski definition) is 32. The number of amides is 15. The van der Waals surface area contributed by atoms with Crippen LogP contribution in [0.2, 0.25) is 0 Å². The molecule has 19 N–H and O–H groups in total. The van der Waals surface area contributed by atoms with Crippen molar-refractivity contribution in [3.05, 3.63) is 35.9 Å². The van der Waals surface area contributed by atoms with Crippen molar-refractivity contribution in [3.8, 4) is 0 Å². The maximum absolute atomic E-state index is 14.3. The second-order valence-corrected chi connectivity index (χ2v) is 35.0. The number of Topliss-reactive ketones (excluding diaryl/α,β-unsaturated/α-hetero) is 2. The summed E-state index contributed by atoms with van der Waals surface area (Å²) in [5.41, 5.74) is 0.665. The monoisotopic (exact) mass is 1920 g/mol. The number of thioether (sulfide) groups is 1. The molecule has 0 aromatic heterocycles. The number of likely N-dealkylation sites (tertiary alicyclic amines) is 2. The molecule has 1 aromatic rings. The van der Waals surface area contributed by atoms with Crippen molar-refractivity contribution in [3.63, 3.8) is 0 Å². The van der Waals surface area contributed by atoms with Crippen LogP contribution in [-0.2, 0) is 112 Å². The van der Waals surface area contributed by atoms with E-state index in [9.17, 15) is 127 Å². The van der Waals surface area contributed by atoms with Crippen LogP contribution in [0.5, 0.6) is 0 Å². The Labute approximate surface area is 783 Å². The highest BCUT2D eigenvalue weighted by molar-refractivity contribution is 8.00. The first-order valence-corrected chi connectivity index (χ1v) is 46.2. The van der Waals surface area contributed by atoms with E-state index in [1.165, 1.54) is 42.5 Å². The molecule has 0 bridgehead atoms. The number of rotatable bonds is 66. The SMILES string of the molecule is CC[C@H](C)[C@@H]([C@H](O)CC(=O)N1CCC[C@H]1[C@H](O)[C@@H](C)C(=O)N[C@@H](Cc1ccccc1)C(=O)NCCCOC(=O)C(C)NC(=O)CCNC(=O)OCC(CC(=O)CNC(=O)CNC(=O)CNC(=O)CNC(=O)CCOCCOCCCC(=O)CCN1C(=O)CC(SC)C1=O)C(=O)NC(CCC(=O)NC[C@H](O)[C@@H](O)[C@H](O)[C@H](O)CO)C(=O)O)N(C)C(=O)C(NC(=O)[C@H](C(C)C)N(C)C)C(C)C. The van der Waals surface area contributed by atoms with Gasteiger partial charge < -0.3 is 128 Å². The Kier molecular flexibility index (Phi) is 54.6. The summed E-state index contributed by atoms with van der Waals surface area (Å²) in [4.78, 5) is 253. The molecule has 2 fully saturated rings. The number of nitrogens with zero attached hydrogens (tertiary/aromatic N) is 4. The number of nitrogens with one attached hydrogen (secondary N) is 11. The number of carboxylic acid groups (broad SMARTS) is 1. The molecule has 3 rings (SSSR count). The number of alkyl carbamates (subject to hydrolysis) is 1. The smallest absolute Gasteiger partial charge is 0.407 e. The molecular weight excluding hydrogens is 1780 g/mol. The van der Waals surface area contributed by atoms with Gasteiger partial charge in [0, 0.05) is 97.7 Å². The van der Waals surface area contributed by atoms with Gasteiger partial charge in [-0.3, -0.25) is 86.5 Å². The van der Waals surface area contributed by atoms with E-state index in [1.54, 1.807) is 69.4 Å². The molecule has 0 radical (unpaired) electrons. The number of esters is 1. The average Bonchev–Trinajstić information content (AvgIpc) is 1.44. The van der Waals surface area contributed by atoms with Crippen molar-refractivity contribution >= 4 is 124 Å². The Morgan fingerprint density at radius 2 is 1.18 bits per heavy atom. The van der Waals surface area contributed by atoms with Gasteiger partial charge in [0.15, 0.2) is 5.78 Å². The quantitative estimate of drug-likeness (QED) is 0.0164. The third kappa shape index (κ3) is 42.6. The van der Waals surface area contributed by atoms with Gasteiger partial charge in [-0.15, -0.1) is 0 Å². The summed E-state index contributed by atoms with van der Waals surface area (Å²) < 4.78 is 21.3. The molecule has 47 heteroatoms. The van der Waals surface area contributed by atoms with Crippen LogP contribution in [0.4, 0.5) is 4.79 Å². The van der Waals surface area contributed by atoms with Gasteiger partial charge in [-0.25, -0.2) is 14.4 Å². The lowest BCUT2D eigenvalue weighted by molar-refractivity contribution is -0.147. The first kappa shape index (κ1) is 118. The van der Waals surface area contributed by atoms with Crippen molar-refractivity contribution in [2.24, 2.45) is 29.6 Å². The number of hydrogen-bond donors (Lipinski definition) is 19. The van der Waals surface area contributed by atoms with Gasteiger partial charge in [0.1, 0.15) is 54.9 Å². The normalized spacial score (nSPS) is 17.1. The lowest BCUT2D eigenvalue weighted by Crippen LogP contribution is -2.59. The number of ether oxygens (including phenoxy) is 4. The van der Waals surface area contributed by atoms with Crippen LogP contribution in [-0.4, -0.2) is 389 Å². The van der Waals surface area contributed by atoms with Crippen molar-refractivity contribution in [1.82, 2.24) is 78.1 Å². The predicted molar refractivity (Wildman–Crippen MR) is 480 cm³/mol. The number of carbonyl (C=O) groups excluding carboxylic acids is 18. The maximum Gasteiger partial charge on any atom is 0.407 e. The molecule has 2 heterocycles. The number of benzene rings is 1. The van der Waals surface area contributed by atoms with Crippen LogP contribution in [0, 0.1) is 29.6 Å². The van der Waals surface area contributed by atoms with Gasteiger partial charge in [-0.05, 0) is 82.7 Å². The minimum Gasteiger partial charge on any atom is -0.480 e. The third-order valence-electron chi connectivity index (χ3n) is 22.4. The summed E-state index contributed by atoms with van der Waals surface area (Å²) >= 11 is 1.29. The molecule has 2 saturated heterocycles. The zero-order chi connectivity index (χ0) is 101. The maximum atomic E-state index is 14.3. The summed E-state index contributed by atoms with van der Waals surface area (Å²) in [6.07, 6.45) is -11.3. The first-order chi connectivity index (χ1) is 63.3. The van der Waals surface area contributed by atoms with E-state index in [-0.39, 0.29) is 132 Å². The highest BCUT2D eigenvalue weighted by Gasteiger charge is 2.44. The summed E-state index contributed by atoms with van der Waals surface area (Å²) in [5.74, 6) is -16.7. The fourth-order valence-corrected chi connectivity index (χ4v) is 15.1. The van der Waals surface area contributed by atoms with E-state index in [2.05, 4.69) is 58.5 Å². The fraction of sp³-hybridized carbons (Fsp3) is 0.713. The summed E-state index contributed by atoms with van der Waals surface area (Å²) in [6.45, 7) is 8.31. The minimum atomic E-state index is -2.06. The van der Waals surface area contributed by atoms with Crippen LogP contribution in [0.1, 0.15) is 151 Å². The van der Waals surface area contributed by atoms with Crippen LogP contribution in [0.25, 0.3) is 0 Å². The Hall–Kier alpha value is -10.5. The molecule has 46 nitrogen and oxygen atoms in total. The lowest BCUT2D eigenvalue weighted by Gasteiger charge is -2.40. The van der Waals surface area contributed by atoms with E-state index < -0.39 is 269 Å². The molecule has 0 saturated carbocycles. The van der Waals surface area contributed by atoms with Crippen molar-refractivity contribution < 1.29 is 151 Å². The zero-order valence-electron chi connectivity index (χ0n) is 78.4. The fourth-order valence-electron chi connectivity index (χ4n) is 14.5. The Morgan fingerprint density at radius 3 is 1.77 bits per heavy atom. The van der Waals surface area contributed by atoms with Crippen molar-refractivity contribution in [1.29, 1.82) is 0 Å². The van der Waals surface area contributed by atoms with Crippen LogP contribution < -0.4 is 58.5 Å². The molecule has 2 aliphatic heterocycles. The van der Waals surface area contributed by atoms with E-state index in [1.807, 2.05) is 27.7 Å². The molecule has 17 atom stereocenters. The topological polar surface area (TPSA) is 668 Å². The number of aliphatic hydroxyl groups excluding tert-OH is 7. The number of carbonyl (C=O) groups is 19. The average molecular weight is 1930 g/mol. The lowest BCUT2D eigenvalue weighted by atomic mass is 9.89. The summed E-state index contributed by atoms with van der Waals surface area (Å²) in [7, 11) is 5.09. The molecule has 2 aliphatic rings. The molecular formula is C87H141N15O31S. The molecule has 756 valence electrons. The number of carboxylic acids is 1. The standard InChI is InChI=1S/C87H141N15O31S/c1-13-51(6)75(100(11)84(125)73(49(2)3)98-82(123)74(50(4)5)99(9)10)61(106)40-71(115)101-31-17-23-60(101)76(117)52(7)79(120)97-59(38-54-20-15-14-16-21-54)81(122)88-29-19-34-132-86(128)53(8)95-67(111)26-30-89-87(129)133-48-55(80(121)96-58(85(126)127)24-25-65(109)91-43-62(107)77(118)78(119)63(108)47-103)39-57(105)42-90-68(112)45-93-70(114)46-94-69(113)44-92-66(110)28-35-131-37-36-130-33-18-22-56(104)27-32-102-72(116)41-64(134-12)83(102)124/h14-16,20-21,49-53,55,58-64,73-78,103,106-108,117-119H,13,17-19,22-48H2,1-12H3,(H,88,122)(H,89,129)(H,90,112)(H,91,109)(H,92,110)(H,93,114)(H,94,113)(H,95,111)(H,96,121)(H,97,120)(H,98,123)(H,126,127)/t51-,52+,53?,55?,58?,59-,60-,61+,62-,63+,64?,73?,74-,75-,76+,77+,78+/m0/s1.